The summed E-state index contributed by atoms with van der Waals surface area (Å²) >= 11 is 1.80. The van der Waals surface area contributed by atoms with E-state index < -0.39 is 0 Å². The van der Waals surface area contributed by atoms with Crippen LogP contribution in [-0.2, 0) is 11.3 Å². The summed E-state index contributed by atoms with van der Waals surface area (Å²) in [5, 5.41) is 4.67. The minimum atomic E-state index is 0.124. The molecule has 0 saturated carbocycles. The van der Waals surface area contributed by atoms with Crippen molar-refractivity contribution in [3.8, 4) is 0 Å². The maximum atomic E-state index is 5.15. The van der Waals surface area contributed by atoms with Gasteiger partial charge in [0, 0.05) is 37.7 Å². The van der Waals surface area contributed by atoms with Crippen molar-refractivity contribution in [2.24, 2.45) is 0 Å². The van der Waals surface area contributed by atoms with Crippen LogP contribution in [0.15, 0.2) is 0 Å². The Bertz CT molecular complexity index is 426. The van der Waals surface area contributed by atoms with Gasteiger partial charge in [-0.25, -0.2) is 4.98 Å². The Morgan fingerprint density at radius 1 is 1.38 bits per heavy atom. The summed E-state index contributed by atoms with van der Waals surface area (Å²) in [5.41, 5.74) is 1.37. The fourth-order valence-electron chi connectivity index (χ4n) is 1.89. The Morgan fingerprint density at radius 3 is 2.57 bits per heavy atom. The first-order valence-corrected chi connectivity index (χ1v) is 8.54. The summed E-state index contributed by atoms with van der Waals surface area (Å²) in [6.07, 6.45) is 1.12. The average Bonchev–Trinajstić information content (AvgIpc) is 2.85. The van der Waals surface area contributed by atoms with Crippen LogP contribution >= 0.6 is 11.3 Å². The van der Waals surface area contributed by atoms with E-state index in [1.807, 2.05) is 0 Å². The zero-order valence-corrected chi connectivity index (χ0v) is 15.4. The van der Waals surface area contributed by atoms with Gasteiger partial charge in [-0.1, -0.05) is 13.8 Å². The van der Waals surface area contributed by atoms with Crippen molar-refractivity contribution >= 4 is 16.5 Å². The summed E-state index contributed by atoms with van der Waals surface area (Å²) < 4.78 is 5.15. The minimum absolute atomic E-state index is 0.124. The second-order valence-corrected chi connectivity index (χ2v) is 7.69. The van der Waals surface area contributed by atoms with Crippen LogP contribution in [0, 0.1) is 0 Å². The lowest BCUT2D eigenvalue weighted by Crippen LogP contribution is -2.35. The first-order chi connectivity index (χ1) is 9.78. The molecule has 0 radical (unpaired) electrons. The number of nitrogens with zero attached hydrogens (tertiary/aromatic N) is 2. The fourth-order valence-corrected chi connectivity index (χ4v) is 3.00. The third kappa shape index (κ3) is 5.93. The van der Waals surface area contributed by atoms with Gasteiger partial charge in [0.1, 0.15) is 0 Å². The number of thiazole rings is 1. The monoisotopic (exact) mass is 313 g/mol. The van der Waals surface area contributed by atoms with Crippen LogP contribution in [0.3, 0.4) is 0 Å². The number of methoxy groups -OCH3 is 1. The van der Waals surface area contributed by atoms with Crippen molar-refractivity contribution in [2.45, 2.75) is 59.0 Å². The lowest BCUT2D eigenvalue weighted by Gasteiger charge is -2.20. The van der Waals surface area contributed by atoms with Gasteiger partial charge in [-0.3, -0.25) is 0 Å². The van der Waals surface area contributed by atoms with Crippen molar-refractivity contribution in [1.82, 2.24) is 10.3 Å². The molecule has 0 saturated heterocycles. The molecular formula is C16H31N3OS. The van der Waals surface area contributed by atoms with Crippen molar-refractivity contribution in [2.75, 3.05) is 32.2 Å². The molecule has 4 nitrogen and oxygen atoms in total. The molecule has 1 aromatic heterocycles. The van der Waals surface area contributed by atoms with E-state index in [9.17, 15) is 0 Å². The third-order valence-electron chi connectivity index (χ3n) is 3.53. The Morgan fingerprint density at radius 2 is 2.05 bits per heavy atom. The molecule has 0 fully saturated rings. The lowest BCUT2D eigenvalue weighted by atomic mass is 10.0. The summed E-state index contributed by atoms with van der Waals surface area (Å²) in [7, 11) is 3.82. The Labute approximate surface area is 133 Å². The number of nitrogens with one attached hydrogen (secondary N) is 1. The van der Waals surface area contributed by atoms with Gasteiger partial charge in [0.25, 0.3) is 0 Å². The van der Waals surface area contributed by atoms with E-state index in [0.717, 1.165) is 31.2 Å². The molecule has 0 aliphatic heterocycles. The molecule has 0 aliphatic rings. The smallest absolute Gasteiger partial charge is 0.185 e. The van der Waals surface area contributed by atoms with E-state index in [1.54, 1.807) is 18.4 Å². The molecule has 1 unspecified atom stereocenters. The number of hydrogen-bond acceptors (Lipinski definition) is 5. The van der Waals surface area contributed by atoms with Crippen molar-refractivity contribution in [3.05, 3.63) is 10.6 Å². The second kappa shape index (κ2) is 8.11. The largest absolute Gasteiger partial charge is 0.383 e. The van der Waals surface area contributed by atoms with E-state index in [-0.39, 0.29) is 5.54 Å². The maximum Gasteiger partial charge on any atom is 0.185 e. The molecule has 1 atom stereocenters. The quantitative estimate of drug-likeness (QED) is 0.795. The second-order valence-electron chi connectivity index (χ2n) is 6.63. The Kier molecular flexibility index (Phi) is 7.10. The molecule has 1 rings (SSSR count). The predicted molar refractivity (Wildman–Crippen MR) is 92.6 cm³/mol. The Balaban J connectivity index is 2.90. The van der Waals surface area contributed by atoms with Crippen LogP contribution in [-0.4, -0.2) is 37.8 Å². The number of rotatable bonds is 8. The van der Waals surface area contributed by atoms with Crippen molar-refractivity contribution in [3.63, 3.8) is 0 Å². The molecule has 21 heavy (non-hydrogen) atoms. The SMILES string of the molecule is CCC(C)c1nc(N(C)CCOC)sc1CNC(C)(C)C. The number of hydrogen-bond donors (Lipinski definition) is 1. The number of anilines is 1. The molecule has 0 amide bonds. The highest BCUT2D eigenvalue weighted by Crippen LogP contribution is 2.32. The molecule has 1 heterocycles. The average molecular weight is 314 g/mol. The Hall–Kier alpha value is -0.650. The maximum absolute atomic E-state index is 5.15. The van der Waals surface area contributed by atoms with E-state index >= 15 is 0 Å². The van der Waals surface area contributed by atoms with E-state index in [1.165, 1.54) is 10.6 Å². The van der Waals surface area contributed by atoms with E-state index in [2.05, 4.69) is 51.9 Å². The summed E-state index contributed by atoms with van der Waals surface area (Å²) in [6, 6.07) is 0. The van der Waals surface area contributed by atoms with Crippen LogP contribution in [0.2, 0.25) is 0 Å². The highest BCUT2D eigenvalue weighted by atomic mass is 32.1. The summed E-state index contributed by atoms with van der Waals surface area (Å²) in [4.78, 5) is 8.42. The molecule has 122 valence electrons. The lowest BCUT2D eigenvalue weighted by molar-refractivity contribution is 0.206. The van der Waals surface area contributed by atoms with Gasteiger partial charge >= 0.3 is 0 Å². The molecular weight excluding hydrogens is 282 g/mol. The standard InChI is InChI=1S/C16H31N3OS/c1-8-12(2)14-13(11-17-16(3,4)5)21-15(18-14)19(6)9-10-20-7/h12,17H,8-11H2,1-7H3. The number of likely N-dealkylation sites (N-methyl/N-ethyl adjacent to an activating group) is 1. The minimum Gasteiger partial charge on any atom is -0.383 e. The van der Waals surface area contributed by atoms with E-state index in [4.69, 9.17) is 9.72 Å². The molecule has 0 spiro atoms. The fraction of sp³-hybridized carbons (Fsp3) is 0.812. The zero-order valence-electron chi connectivity index (χ0n) is 14.6. The van der Waals surface area contributed by atoms with Crippen molar-refractivity contribution < 1.29 is 4.74 Å². The van der Waals surface area contributed by atoms with Crippen LogP contribution in [0.1, 0.15) is 57.5 Å². The molecule has 0 aliphatic carbocycles. The van der Waals surface area contributed by atoms with Gasteiger partial charge in [-0.15, -0.1) is 11.3 Å². The first-order valence-electron chi connectivity index (χ1n) is 7.73. The number of aromatic nitrogens is 1. The molecule has 5 heteroatoms. The molecule has 1 N–H and O–H groups in total. The summed E-state index contributed by atoms with van der Waals surface area (Å²) in [5.74, 6) is 0.502. The van der Waals surface area contributed by atoms with Gasteiger partial charge in [0.15, 0.2) is 5.13 Å². The van der Waals surface area contributed by atoms with Crippen LogP contribution in [0.4, 0.5) is 5.13 Å². The molecule has 1 aromatic rings. The number of ether oxygens (including phenoxy) is 1. The van der Waals surface area contributed by atoms with Crippen LogP contribution in [0.25, 0.3) is 0 Å². The highest BCUT2D eigenvalue weighted by Gasteiger charge is 2.19. The van der Waals surface area contributed by atoms with E-state index in [0.29, 0.717) is 5.92 Å². The van der Waals surface area contributed by atoms with Crippen LogP contribution in [0.5, 0.6) is 0 Å². The van der Waals surface area contributed by atoms with Gasteiger partial charge in [-0.2, -0.15) is 0 Å². The van der Waals surface area contributed by atoms with Gasteiger partial charge in [0.2, 0.25) is 0 Å². The van der Waals surface area contributed by atoms with Crippen molar-refractivity contribution in [1.29, 1.82) is 0 Å². The molecule has 0 bridgehead atoms. The first kappa shape index (κ1) is 18.4. The predicted octanol–water partition coefficient (Wildman–Crippen LogP) is 3.63. The highest BCUT2D eigenvalue weighted by molar-refractivity contribution is 7.15. The van der Waals surface area contributed by atoms with Gasteiger partial charge < -0.3 is 15.0 Å². The third-order valence-corrected chi connectivity index (χ3v) is 4.72. The van der Waals surface area contributed by atoms with Crippen LogP contribution < -0.4 is 10.2 Å². The summed E-state index contributed by atoms with van der Waals surface area (Å²) in [6.45, 7) is 13.6. The normalized spacial score (nSPS) is 13.5. The topological polar surface area (TPSA) is 37.4 Å². The molecule has 0 aromatic carbocycles. The van der Waals surface area contributed by atoms with Gasteiger partial charge in [-0.05, 0) is 33.1 Å². The van der Waals surface area contributed by atoms with Gasteiger partial charge in [0.05, 0.1) is 12.3 Å². The zero-order chi connectivity index (χ0) is 16.0.